The molecule has 1 heterocycles. The van der Waals surface area contributed by atoms with Gasteiger partial charge in [-0.05, 0) is 42.9 Å². The van der Waals surface area contributed by atoms with E-state index in [-0.39, 0.29) is 0 Å². The van der Waals surface area contributed by atoms with Crippen molar-refractivity contribution >= 4 is 0 Å². The highest BCUT2D eigenvalue weighted by molar-refractivity contribution is 5.29. The Hall–Kier alpha value is -0.830. The van der Waals surface area contributed by atoms with Crippen molar-refractivity contribution in [2.75, 3.05) is 0 Å². The van der Waals surface area contributed by atoms with Crippen molar-refractivity contribution in [3.8, 4) is 0 Å². The molecule has 0 saturated heterocycles. The lowest BCUT2D eigenvalue weighted by Gasteiger charge is -2.06. The molecule has 80 valence electrons. The number of nitrogens with two attached hydrogens (primary N) is 1. The van der Waals surface area contributed by atoms with Crippen LogP contribution in [0.3, 0.4) is 0 Å². The molecule has 3 saturated carbocycles. The first kappa shape index (κ1) is 8.34. The van der Waals surface area contributed by atoms with Crippen LogP contribution in [0.25, 0.3) is 0 Å². The average Bonchev–Trinajstić information content (AvgIpc) is 2.72. The smallest absolute Gasteiger partial charge is 0.181 e. The van der Waals surface area contributed by atoms with E-state index >= 15 is 0 Å². The highest BCUT2D eigenvalue weighted by Crippen LogP contribution is 2.73. The molecule has 0 radical (unpaired) electrons. The van der Waals surface area contributed by atoms with E-state index in [9.17, 15) is 0 Å². The highest BCUT2D eigenvalue weighted by atomic mass is 16.3. The summed E-state index contributed by atoms with van der Waals surface area (Å²) in [5, 5.41) is 0. The van der Waals surface area contributed by atoms with E-state index in [1.54, 1.807) is 6.39 Å². The summed E-state index contributed by atoms with van der Waals surface area (Å²) in [6.45, 7) is 0.525. The van der Waals surface area contributed by atoms with Crippen LogP contribution in [0.15, 0.2) is 10.8 Å². The summed E-state index contributed by atoms with van der Waals surface area (Å²) in [4.78, 5) is 4.20. The van der Waals surface area contributed by atoms with Crippen molar-refractivity contribution < 1.29 is 4.42 Å². The van der Waals surface area contributed by atoms with Crippen LogP contribution in [0.5, 0.6) is 0 Å². The molecule has 4 atom stereocenters. The van der Waals surface area contributed by atoms with Crippen LogP contribution in [0.4, 0.5) is 0 Å². The molecule has 1 aromatic heterocycles. The summed E-state index contributed by atoms with van der Waals surface area (Å²) in [6.07, 6.45) is 5.95. The lowest BCUT2D eigenvalue weighted by Crippen LogP contribution is -2.03. The number of rotatable bonds is 2. The molecule has 4 unspecified atom stereocenters. The van der Waals surface area contributed by atoms with E-state index in [0.717, 1.165) is 35.1 Å². The van der Waals surface area contributed by atoms with E-state index < -0.39 is 0 Å². The SMILES string of the molecule is NCc1ncoc1C1C2C3CCC(C3)C12. The second-order valence-corrected chi connectivity index (χ2v) is 5.38. The number of nitrogens with zero attached hydrogens (tertiary/aromatic N) is 1. The molecule has 3 fully saturated rings. The molecule has 0 spiro atoms. The first-order chi connectivity index (χ1) is 7.40. The third-order valence-corrected chi connectivity index (χ3v) is 4.90. The second kappa shape index (κ2) is 2.64. The summed E-state index contributed by atoms with van der Waals surface area (Å²) in [5.41, 5.74) is 6.67. The minimum Gasteiger partial charge on any atom is -0.448 e. The Kier molecular flexibility index (Phi) is 1.47. The number of hydrogen-bond donors (Lipinski definition) is 1. The van der Waals surface area contributed by atoms with Crippen molar-refractivity contribution in [2.24, 2.45) is 29.4 Å². The predicted octanol–water partition coefficient (Wildman–Crippen LogP) is 1.89. The number of fused-ring (bicyclic) bond motifs is 5. The Labute approximate surface area is 89.1 Å². The van der Waals surface area contributed by atoms with Gasteiger partial charge in [0.25, 0.3) is 0 Å². The molecule has 2 N–H and O–H groups in total. The summed E-state index contributed by atoms with van der Waals surface area (Å²) >= 11 is 0. The largest absolute Gasteiger partial charge is 0.448 e. The topological polar surface area (TPSA) is 52.0 Å². The minimum absolute atomic E-state index is 0.525. The average molecular weight is 204 g/mol. The zero-order chi connectivity index (χ0) is 9.99. The van der Waals surface area contributed by atoms with Gasteiger partial charge in [0, 0.05) is 12.5 Å². The fourth-order valence-electron chi connectivity index (χ4n) is 4.38. The van der Waals surface area contributed by atoms with E-state index in [4.69, 9.17) is 10.2 Å². The van der Waals surface area contributed by atoms with E-state index in [2.05, 4.69) is 4.98 Å². The zero-order valence-electron chi connectivity index (χ0n) is 8.73. The Bertz CT molecular complexity index is 384. The van der Waals surface area contributed by atoms with Gasteiger partial charge in [-0.3, -0.25) is 0 Å². The summed E-state index contributed by atoms with van der Waals surface area (Å²) in [6, 6.07) is 0. The van der Waals surface area contributed by atoms with Gasteiger partial charge in [0.2, 0.25) is 0 Å². The van der Waals surface area contributed by atoms with Gasteiger partial charge in [-0.15, -0.1) is 0 Å². The van der Waals surface area contributed by atoms with Crippen LogP contribution in [0.2, 0.25) is 0 Å². The summed E-state index contributed by atoms with van der Waals surface area (Å²) < 4.78 is 5.55. The highest BCUT2D eigenvalue weighted by Gasteiger charge is 2.66. The normalized spacial score (nSPS) is 45.8. The monoisotopic (exact) mass is 204 g/mol. The van der Waals surface area contributed by atoms with Gasteiger partial charge in [-0.2, -0.15) is 0 Å². The molecule has 0 aliphatic heterocycles. The number of hydrogen-bond acceptors (Lipinski definition) is 3. The predicted molar refractivity (Wildman–Crippen MR) is 54.9 cm³/mol. The standard InChI is InChI=1S/C12H16N2O/c13-4-8-12(15-5-14-8)11-9-6-1-2-7(3-6)10(9)11/h5-7,9-11H,1-4,13H2. The van der Waals surface area contributed by atoms with Gasteiger partial charge in [-0.1, -0.05) is 0 Å². The maximum Gasteiger partial charge on any atom is 0.181 e. The van der Waals surface area contributed by atoms with Gasteiger partial charge in [0.15, 0.2) is 6.39 Å². The molecule has 0 amide bonds. The molecular formula is C12H16N2O. The molecule has 3 aliphatic rings. The van der Waals surface area contributed by atoms with Crippen molar-refractivity contribution in [2.45, 2.75) is 31.7 Å². The number of oxazole rings is 1. The Morgan fingerprint density at radius 2 is 2.07 bits per heavy atom. The molecular weight excluding hydrogens is 188 g/mol. The van der Waals surface area contributed by atoms with Crippen molar-refractivity contribution in [1.82, 2.24) is 4.98 Å². The fourth-order valence-corrected chi connectivity index (χ4v) is 4.38. The number of aromatic nitrogens is 1. The third kappa shape index (κ3) is 0.924. The Morgan fingerprint density at radius 3 is 2.73 bits per heavy atom. The molecule has 4 rings (SSSR count). The van der Waals surface area contributed by atoms with Crippen LogP contribution < -0.4 is 5.73 Å². The first-order valence-electron chi connectivity index (χ1n) is 6.02. The molecule has 1 aromatic rings. The Balaban J connectivity index is 1.67. The fraction of sp³-hybridized carbons (Fsp3) is 0.750. The van der Waals surface area contributed by atoms with Gasteiger partial charge in [-0.25, -0.2) is 4.98 Å². The van der Waals surface area contributed by atoms with Crippen molar-refractivity contribution in [1.29, 1.82) is 0 Å². The van der Waals surface area contributed by atoms with Gasteiger partial charge in [0.05, 0.1) is 5.69 Å². The van der Waals surface area contributed by atoms with E-state index in [0.29, 0.717) is 12.5 Å². The van der Waals surface area contributed by atoms with Crippen LogP contribution in [0.1, 0.15) is 36.6 Å². The minimum atomic E-state index is 0.525. The van der Waals surface area contributed by atoms with Gasteiger partial charge in [0.1, 0.15) is 5.76 Å². The molecule has 15 heavy (non-hydrogen) atoms. The maximum atomic E-state index is 5.67. The lowest BCUT2D eigenvalue weighted by atomic mass is 10.0. The lowest BCUT2D eigenvalue weighted by molar-refractivity contribution is 0.439. The van der Waals surface area contributed by atoms with Crippen LogP contribution >= 0.6 is 0 Å². The summed E-state index contributed by atoms with van der Waals surface area (Å²) in [5.74, 6) is 5.60. The third-order valence-electron chi connectivity index (χ3n) is 4.90. The maximum absolute atomic E-state index is 5.67. The van der Waals surface area contributed by atoms with E-state index in [1.165, 1.54) is 19.3 Å². The van der Waals surface area contributed by atoms with Crippen LogP contribution in [-0.2, 0) is 6.54 Å². The molecule has 3 nitrogen and oxygen atoms in total. The zero-order valence-corrected chi connectivity index (χ0v) is 8.73. The molecule has 3 heteroatoms. The van der Waals surface area contributed by atoms with Crippen molar-refractivity contribution in [3.63, 3.8) is 0 Å². The Morgan fingerprint density at radius 1 is 1.33 bits per heavy atom. The van der Waals surface area contributed by atoms with Crippen LogP contribution in [0, 0.1) is 23.7 Å². The van der Waals surface area contributed by atoms with Gasteiger partial charge >= 0.3 is 0 Å². The van der Waals surface area contributed by atoms with Crippen LogP contribution in [-0.4, -0.2) is 4.98 Å². The van der Waals surface area contributed by atoms with Gasteiger partial charge < -0.3 is 10.2 Å². The molecule has 3 aliphatic carbocycles. The van der Waals surface area contributed by atoms with Crippen molar-refractivity contribution in [3.05, 3.63) is 17.8 Å². The molecule has 0 aromatic carbocycles. The first-order valence-corrected chi connectivity index (χ1v) is 6.02. The quantitative estimate of drug-likeness (QED) is 0.800. The molecule has 2 bridgehead atoms. The van der Waals surface area contributed by atoms with E-state index in [1.807, 2.05) is 0 Å². The summed E-state index contributed by atoms with van der Waals surface area (Å²) in [7, 11) is 0. The second-order valence-electron chi connectivity index (χ2n) is 5.38.